The molecule has 0 unspecified atom stereocenters. The first kappa shape index (κ1) is 13.2. The average molecular weight is 259 g/mol. The molecule has 1 amide bonds. The molecule has 0 atom stereocenters. The maximum Gasteiger partial charge on any atom is 0.251 e. The fourth-order valence-electron chi connectivity index (χ4n) is 1.79. The fraction of sp³-hybridized carbons (Fsp3) is 0.308. The third-order valence-electron chi connectivity index (χ3n) is 2.79. The van der Waals surface area contributed by atoms with E-state index in [9.17, 15) is 4.79 Å². The van der Waals surface area contributed by atoms with Gasteiger partial charge in [-0.15, -0.1) is 0 Å². The molecule has 0 spiro atoms. The Labute approximate surface area is 111 Å². The van der Waals surface area contributed by atoms with Crippen LogP contribution in [0.4, 0.5) is 0 Å². The van der Waals surface area contributed by atoms with E-state index < -0.39 is 0 Å². The van der Waals surface area contributed by atoms with Gasteiger partial charge in [0.1, 0.15) is 12.7 Å². The molecule has 0 aliphatic rings. The zero-order valence-corrected chi connectivity index (χ0v) is 10.8. The molecule has 2 rings (SSSR count). The van der Waals surface area contributed by atoms with E-state index in [4.69, 9.17) is 5.73 Å². The molecule has 0 saturated heterocycles. The molecule has 0 fully saturated rings. The van der Waals surface area contributed by atoms with Gasteiger partial charge >= 0.3 is 0 Å². The molecule has 0 radical (unpaired) electrons. The molecule has 6 nitrogen and oxygen atoms in total. The minimum absolute atomic E-state index is 0.0818. The Bertz CT molecular complexity index is 550. The number of amides is 1. The van der Waals surface area contributed by atoms with Crippen molar-refractivity contribution in [1.82, 2.24) is 20.1 Å². The summed E-state index contributed by atoms with van der Waals surface area (Å²) in [5.74, 6) is -0.0818. The Hall–Kier alpha value is -2.21. The first-order chi connectivity index (χ1) is 9.22. The van der Waals surface area contributed by atoms with E-state index in [1.165, 1.54) is 6.33 Å². The number of aryl methyl sites for hydroxylation is 1. The number of hydrogen-bond donors (Lipinski definition) is 2. The van der Waals surface area contributed by atoms with Gasteiger partial charge in [-0.1, -0.05) is 0 Å². The molecule has 6 heteroatoms. The van der Waals surface area contributed by atoms with E-state index in [2.05, 4.69) is 15.4 Å². The molecule has 3 N–H and O–H groups in total. The number of nitrogens with one attached hydrogen (secondary N) is 1. The molecular formula is C13H17N5O. The molecule has 0 bridgehead atoms. The van der Waals surface area contributed by atoms with E-state index in [1.807, 2.05) is 19.1 Å². The molecule has 2 aromatic rings. The number of nitrogens with zero attached hydrogens (tertiary/aromatic N) is 3. The first-order valence-corrected chi connectivity index (χ1v) is 6.16. The van der Waals surface area contributed by atoms with Crippen LogP contribution < -0.4 is 11.1 Å². The summed E-state index contributed by atoms with van der Waals surface area (Å²) in [5.41, 5.74) is 7.90. The summed E-state index contributed by atoms with van der Waals surface area (Å²) < 4.78 is 1.67. The number of carbonyl (C=O) groups is 1. The van der Waals surface area contributed by atoms with Gasteiger partial charge in [-0.05, 0) is 43.7 Å². The second kappa shape index (κ2) is 6.10. The largest absolute Gasteiger partial charge is 0.352 e. The summed E-state index contributed by atoms with van der Waals surface area (Å²) >= 11 is 0. The van der Waals surface area contributed by atoms with Gasteiger partial charge in [0.25, 0.3) is 5.91 Å². The van der Waals surface area contributed by atoms with Crippen LogP contribution in [0.3, 0.4) is 0 Å². The highest BCUT2D eigenvalue weighted by molar-refractivity contribution is 5.94. The van der Waals surface area contributed by atoms with Crippen LogP contribution in [-0.2, 0) is 0 Å². The van der Waals surface area contributed by atoms with Crippen molar-refractivity contribution in [1.29, 1.82) is 0 Å². The van der Waals surface area contributed by atoms with E-state index in [0.29, 0.717) is 18.7 Å². The predicted molar refractivity (Wildman–Crippen MR) is 72.1 cm³/mol. The van der Waals surface area contributed by atoms with E-state index in [1.54, 1.807) is 17.1 Å². The zero-order valence-electron chi connectivity index (χ0n) is 10.8. The molecule has 0 aliphatic carbocycles. The van der Waals surface area contributed by atoms with Gasteiger partial charge in [0.15, 0.2) is 0 Å². The quantitative estimate of drug-likeness (QED) is 0.772. The SMILES string of the molecule is Cc1cc(C(=O)NCCCN)ccc1-n1cncn1. The van der Waals surface area contributed by atoms with Crippen LogP contribution in [0, 0.1) is 6.92 Å². The number of benzene rings is 1. The first-order valence-electron chi connectivity index (χ1n) is 6.16. The molecule has 1 heterocycles. The number of rotatable bonds is 5. The molecule has 0 saturated carbocycles. The lowest BCUT2D eigenvalue weighted by molar-refractivity contribution is 0.0953. The van der Waals surface area contributed by atoms with Gasteiger partial charge in [0.2, 0.25) is 0 Å². The van der Waals surface area contributed by atoms with Crippen LogP contribution in [0.25, 0.3) is 5.69 Å². The summed E-state index contributed by atoms with van der Waals surface area (Å²) in [5, 5.41) is 6.90. The lowest BCUT2D eigenvalue weighted by atomic mass is 10.1. The average Bonchev–Trinajstić information content (AvgIpc) is 2.92. The summed E-state index contributed by atoms with van der Waals surface area (Å²) in [6, 6.07) is 5.48. The Kier molecular flexibility index (Phi) is 4.25. The third-order valence-corrected chi connectivity index (χ3v) is 2.79. The minimum Gasteiger partial charge on any atom is -0.352 e. The normalized spacial score (nSPS) is 10.4. The third kappa shape index (κ3) is 3.17. The lowest BCUT2D eigenvalue weighted by Gasteiger charge is -2.08. The molecular weight excluding hydrogens is 242 g/mol. The second-order valence-electron chi connectivity index (χ2n) is 4.24. The summed E-state index contributed by atoms with van der Waals surface area (Å²) in [6.07, 6.45) is 3.89. The molecule has 1 aromatic carbocycles. The monoisotopic (exact) mass is 259 g/mol. The highest BCUT2D eigenvalue weighted by Gasteiger charge is 2.08. The Morgan fingerprint density at radius 3 is 2.95 bits per heavy atom. The smallest absolute Gasteiger partial charge is 0.251 e. The van der Waals surface area contributed by atoms with Crippen molar-refractivity contribution in [3.63, 3.8) is 0 Å². The van der Waals surface area contributed by atoms with E-state index >= 15 is 0 Å². The van der Waals surface area contributed by atoms with Crippen molar-refractivity contribution < 1.29 is 4.79 Å². The van der Waals surface area contributed by atoms with Crippen molar-refractivity contribution in [2.24, 2.45) is 5.73 Å². The van der Waals surface area contributed by atoms with Crippen molar-refractivity contribution in [3.05, 3.63) is 42.0 Å². The number of hydrogen-bond acceptors (Lipinski definition) is 4. The Morgan fingerprint density at radius 1 is 1.47 bits per heavy atom. The Morgan fingerprint density at radius 2 is 2.32 bits per heavy atom. The van der Waals surface area contributed by atoms with Gasteiger partial charge in [0, 0.05) is 12.1 Å². The highest BCUT2D eigenvalue weighted by Crippen LogP contribution is 2.14. The summed E-state index contributed by atoms with van der Waals surface area (Å²) in [6.45, 7) is 3.11. The van der Waals surface area contributed by atoms with Crippen molar-refractivity contribution in [2.75, 3.05) is 13.1 Å². The van der Waals surface area contributed by atoms with Crippen LogP contribution in [0.5, 0.6) is 0 Å². The molecule has 1 aromatic heterocycles. The molecule has 100 valence electrons. The number of carbonyl (C=O) groups excluding carboxylic acids is 1. The maximum atomic E-state index is 11.9. The Balaban J connectivity index is 2.13. The minimum atomic E-state index is -0.0818. The van der Waals surface area contributed by atoms with Crippen LogP contribution in [0.1, 0.15) is 22.3 Å². The van der Waals surface area contributed by atoms with Crippen LogP contribution in [-0.4, -0.2) is 33.8 Å². The van der Waals surface area contributed by atoms with Gasteiger partial charge in [-0.2, -0.15) is 5.10 Å². The predicted octanol–water partition coefficient (Wildman–Crippen LogP) is 0.654. The van der Waals surface area contributed by atoms with Gasteiger partial charge in [-0.25, -0.2) is 9.67 Å². The van der Waals surface area contributed by atoms with Gasteiger partial charge < -0.3 is 11.1 Å². The van der Waals surface area contributed by atoms with Crippen molar-refractivity contribution in [3.8, 4) is 5.69 Å². The van der Waals surface area contributed by atoms with E-state index in [-0.39, 0.29) is 5.91 Å². The molecule has 19 heavy (non-hydrogen) atoms. The lowest BCUT2D eigenvalue weighted by Crippen LogP contribution is -2.26. The topological polar surface area (TPSA) is 85.8 Å². The zero-order chi connectivity index (χ0) is 13.7. The van der Waals surface area contributed by atoms with Gasteiger partial charge in [-0.3, -0.25) is 4.79 Å². The highest BCUT2D eigenvalue weighted by atomic mass is 16.1. The van der Waals surface area contributed by atoms with Crippen molar-refractivity contribution in [2.45, 2.75) is 13.3 Å². The fourth-order valence-corrected chi connectivity index (χ4v) is 1.79. The van der Waals surface area contributed by atoms with Crippen LogP contribution >= 0.6 is 0 Å². The molecule has 0 aliphatic heterocycles. The van der Waals surface area contributed by atoms with Gasteiger partial charge in [0.05, 0.1) is 5.69 Å². The number of aromatic nitrogens is 3. The summed E-state index contributed by atoms with van der Waals surface area (Å²) in [7, 11) is 0. The van der Waals surface area contributed by atoms with Crippen molar-refractivity contribution >= 4 is 5.91 Å². The standard InChI is InChI=1S/C13H17N5O/c1-10-7-11(13(19)16-6-2-5-14)3-4-12(10)18-9-15-8-17-18/h3-4,7-9H,2,5-6,14H2,1H3,(H,16,19). The second-order valence-corrected chi connectivity index (χ2v) is 4.24. The number of nitrogens with two attached hydrogens (primary N) is 1. The summed E-state index contributed by atoms with van der Waals surface area (Å²) in [4.78, 5) is 15.8. The van der Waals surface area contributed by atoms with Crippen LogP contribution in [0.2, 0.25) is 0 Å². The maximum absolute atomic E-state index is 11.9. The van der Waals surface area contributed by atoms with E-state index in [0.717, 1.165) is 17.7 Å². The van der Waals surface area contributed by atoms with Crippen LogP contribution in [0.15, 0.2) is 30.9 Å².